The predicted octanol–water partition coefficient (Wildman–Crippen LogP) is 5.91. The van der Waals surface area contributed by atoms with Gasteiger partial charge in [-0.3, -0.25) is 14.5 Å². The van der Waals surface area contributed by atoms with Crippen LogP contribution in [-0.4, -0.2) is 36.5 Å². The van der Waals surface area contributed by atoms with E-state index in [1.807, 2.05) is 85.1 Å². The molecule has 6 nitrogen and oxygen atoms in total. The summed E-state index contributed by atoms with van der Waals surface area (Å²) < 4.78 is 5.65. The summed E-state index contributed by atoms with van der Waals surface area (Å²) in [5, 5.41) is 3.40. The van der Waals surface area contributed by atoms with Crippen LogP contribution in [0.25, 0.3) is 21.8 Å². The van der Waals surface area contributed by atoms with Crippen LogP contribution in [0.3, 0.4) is 0 Å². The first-order valence-corrected chi connectivity index (χ1v) is 12.4. The van der Waals surface area contributed by atoms with Gasteiger partial charge in [-0.05, 0) is 43.3 Å². The molecular weight excluding hydrogens is 482 g/mol. The van der Waals surface area contributed by atoms with E-state index in [1.165, 1.54) is 16.2 Å². The van der Waals surface area contributed by atoms with Gasteiger partial charge in [-0.1, -0.05) is 48.0 Å². The Hall–Kier alpha value is -3.68. The van der Waals surface area contributed by atoms with Crippen LogP contribution >= 0.6 is 22.9 Å². The molecule has 0 saturated heterocycles. The highest BCUT2D eigenvalue weighted by Crippen LogP contribution is 2.38. The number of hydrogen-bond acceptors (Lipinski definition) is 5. The lowest BCUT2D eigenvalue weighted by molar-refractivity contribution is -0.124. The van der Waals surface area contributed by atoms with E-state index in [0.29, 0.717) is 23.0 Å². The van der Waals surface area contributed by atoms with Crippen molar-refractivity contribution in [1.29, 1.82) is 0 Å². The van der Waals surface area contributed by atoms with Crippen LogP contribution < -0.4 is 14.5 Å². The van der Waals surface area contributed by atoms with Crippen molar-refractivity contribution in [2.24, 2.45) is 0 Å². The molecule has 0 N–H and O–H groups in total. The molecule has 0 bridgehead atoms. The minimum atomic E-state index is -0.262. The number of hydrogen-bond donors (Lipinski definition) is 0. The maximum absolute atomic E-state index is 13.2. The van der Waals surface area contributed by atoms with E-state index in [-0.39, 0.29) is 25.0 Å². The van der Waals surface area contributed by atoms with Gasteiger partial charge in [0.25, 0.3) is 5.91 Å². The van der Waals surface area contributed by atoms with Crippen LogP contribution in [0.1, 0.15) is 6.92 Å². The van der Waals surface area contributed by atoms with Crippen LogP contribution in [0.4, 0.5) is 11.4 Å². The maximum Gasteiger partial charge on any atom is 0.265 e. The van der Waals surface area contributed by atoms with Crippen LogP contribution in [0.5, 0.6) is 5.75 Å². The summed E-state index contributed by atoms with van der Waals surface area (Å²) in [4.78, 5) is 34.0. The van der Waals surface area contributed by atoms with Crippen molar-refractivity contribution >= 4 is 46.1 Å². The molecule has 2 amide bonds. The van der Waals surface area contributed by atoms with Crippen molar-refractivity contribution < 1.29 is 14.3 Å². The van der Waals surface area contributed by atoms with Gasteiger partial charge >= 0.3 is 0 Å². The van der Waals surface area contributed by atoms with Gasteiger partial charge in [0.15, 0.2) is 6.61 Å². The number of benzene rings is 3. The summed E-state index contributed by atoms with van der Waals surface area (Å²) >= 11 is 7.84. The number of anilines is 2. The van der Waals surface area contributed by atoms with Crippen molar-refractivity contribution in [3.05, 3.63) is 83.2 Å². The summed E-state index contributed by atoms with van der Waals surface area (Å²) in [7, 11) is 0. The van der Waals surface area contributed by atoms with E-state index in [9.17, 15) is 9.59 Å². The van der Waals surface area contributed by atoms with Gasteiger partial charge in [0.1, 0.15) is 17.3 Å². The predicted molar refractivity (Wildman–Crippen MR) is 140 cm³/mol. The van der Waals surface area contributed by atoms with Gasteiger partial charge in [-0.2, -0.15) is 0 Å². The molecule has 4 aromatic rings. The number of halogens is 1. The molecule has 1 aliphatic rings. The Morgan fingerprint density at radius 3 is 2.66 bits per heavy atom. The number of carbonyl (C=O) groups excluding carboxylic acids is 2. The molecule has 0 radical (unpaired) electrons. The summed E-state index contributed by atoms with van der Waals surface area (Å²) in [6, 6.07) is 22.6. The first-order valence-electron chi connectivity index (χ1n) is 11.2. The summed E-state index contributed by atoms with van der Waals surface area (Å²) in [6.07, 6.45) is 0. The summed E-state index contributed by atoms with van der Waals surface area (Å²) in [5.74, 6) is 0.132. The van der Waals surface area contributed by atoms with Crippen molar-refractivity contribution in [3.63, 3.8) is 0 Å². The zero-order chi connectivity index (χ0) is 24.4. The van der Waals surface area contributed by atoms with Crippen molar-refractivity contribution in [2.45, 2.75) is 6.92 Å². The number of thiazole rings is 1. The Balaban J connectivity index is 1.44. The first-order chi connectivity index (χ1) is 17.0. The molecule has 176 valence electrons. The molecule has 8 heteroatoms. The Bertz CT molecular complexity index is 1390. The number of nitrogens with zero attached hydrogens (tertiary/aromatic N) is 3. The van der Waals surface area contributed by atoms with Crippen LogP contribution in [-0.2, 0) is 9.59 Å². The lowest BCUT2D eigenvalue weighted by atomic mass is 10.1. The highest BCUT2D eigenvalue weighted by atomic mass is 35.5. The third-order valence-electron chi connectivity index (χ3n) is 5.78. The van der Waals surface area contributed by atoms with E-state index >= 15 is 0 Å². The Morgan fingerprint density at radius 1 is 1.11 bits per heavy atom. The molecule has 3 aromatic carbocycles. The SMILES string of the molecule is CCN(C(=O)CN1C(=O)COc2ccc(-c3csc(-c4ccccc4Cl)n3)cc21)c1ccccc1. The fraction of sp³-hybridized carbons (Fsp3) is 0.148. The van der Waals surface area contributed by atoms with Gasteiger partial charge in [-0.15, -0.1) is 11.3 Å². The van der Waals surface area contributed by atoms with Crippen molar-refractivity contribution in [1.82, 2.24) is 4.98 Å². The molecule has 0 spiro atoms. The van der Waals surface area contributed by atoms with E-state index in [4.69, 9.17) is 21.3 Å². The van der Waals surface area contributed by atoms with Gasteiger partial charge < -0.3 is 9.64 Å². The fourth-order valence-corrected chi connectivity index (χ4v) is 5.18. The quantitative estimate of drug-likeness (QED) is 0.328. The molecule has 0 unspecified atom stereocenters. The van der Waals surface area contributed by atoms with E-state index in [0.717, 1.165) is 27.5 Å². The molecule has 0 atom stereocenters. The second-order valence-corrected chi connectivity index (χ2v) is 9.21. The van der Waals surface area contributed by atoms with Crippen molar-refractivity contribution in [2.75, 3.05) is 29.5 Å². The number of amides is 2. The number of fused-ring (bicyclic) bond motifs is 1. The van der Waals surface area contributed by atoms with Gasteiger partial charge in [0.05, 0.1) is 16.4 Å². The number of para-hydroxylation sites is 1. The average Bonchev–Trinajstić information content (AvgIpc) is 3.37. The Morgan fingerprint density at radius 2 is 1.89 bits per heavy atom. The zero-order valence-corrected chi connectivity index (χ0v) is 20.6. The van der Waals surface area contributed by atoms with Gasteiger partial charge in [0, 0.05) is 28.7 Å². The number of carbonyl (C=O) groups is 2. The molecule has 1 aliphatic heterocycles. The molecule has 0 aliphatic carbocycles. The zero-order valence-electron chi connectivity index (χ0n) is 19.0. The number of aromatic nitrogens is 1. The lowest BCUT2D eigenvalue weighted by Crippen LogP contribution is -2.46. The fourth-order valence-electron chi connectivity index (χ4n) is 4.03. The van der Waals surface area contributed by atoms with E-state index in [1.54, 1.807) is 4.90 Å². The van der Waals surface area contributed by atoms with Crippen LogP contribution in [0, 0.1) is 0 Å². The Labute approximate surface area is 212 Å². The third-order valence-corrected chi connectivity index (χ3v) is 6.99. The maximum atomic E-state index is 13.2. The van der Waals surface area contributed by atoms with Crippen LogP contribution in [0.2, 0.25) is 5.02 Å². The molecule has 35 heavy (non-hydrogen) atoms. The summed E-state index contributed by atoms with van der Waals surface area (Å²) in [6.45, 7) is 2.22. The second kappa shape index (κ2) is 9.90. The smallest absolute Gasteiger partial charge is 0.265 e. The highest BCUT2D eigenvalue weighted by Gasteiger charge is 2.29. The second-order valence-electron chi connectivity index (χ2n) is 7.94. The first kappa shape index (κ1) is 23.1. The number of rotatable bonds is 6. The standard InChI is InChI=1S/C27H22ClN3O3S/c1-2-30(19-8-4-3-5-9-19)25(32)15-31-23-14-18(12-13-24(23)34-16-26(31)33)22-17-35-27(29-22)20-10-6-7-11-21(20)28/h3-14,17H,2,15-16H2,1H3. The third kappa shape index (κ3) is 4.65. The van der Waals surface area contributed by atoms with Gasteiger partial charge in [-0.25, -0.2) is 4.98 Å². The Kier molecular flexibility index (Phi) is 6.53. The average molecular weight is 504 g/mol. The highest BCUT2D eigenvalue weighted by molar-refractivity contribution is 7.13. The number of ether oxygens (including phenoxy) is 1. The minimum absolute atomic E-state index is 0.0800. The lowest BCUT2D eigenvalue weighted by Gasteiger charge is -2.31. The van der Waals surface area contributed by atoms with Gasteiger partial charge in [0.2, 0.25) is 5.91 Å². The summed E-state index contributed by atoms with van der Waals surface area (Å²) in [5.41, 5.74) is 3.81. The largest absolute Gasteiger partial charge is 0.482 e. The monoisotopic (exact) mass is 503 g/mol. The molecule has 2 heterocycles. The molecule has 0 fully saturated rings. The van der Waals surface area contributed by atoms with E-state index in [2.05, 4.69) is 0 Å². The van der Waals surface area contributed by atoms with Crippen LogP contribution in [0.15, 0.2) is 78.2 Å². The normalized spacial score (nSPS) is 12.7. The molecule has 5 rings (SSSR count). The molecular formula is C27H22ClN3O3S. The van der Waals surface area contributed by atoms with Crippen molar-refractivity contribution in [3.8, 4) is 27.6 Å². The minimum Gasteiger partial charge on any atom is -0.482 e. The molecule has 1 aromatic heterocycles. The van der Waals surface area contributed by atoms with E-state index < -0.39 is 0 Å². The topological polar surface area (TPSA) is 62.7 Å². The molecule has 0 saturated carbocycles. The number of likely N-dealkylation sites (N-methyl/N-ethyl adjacent to an activating group) is 1.